The molecule has 1 aromatic rings. The fourth-order valence-electron chi connectivity index (χ4n) is 2.94. The molecule has 0 radical (unpaired) electrons. The Hall–Kier alpha value is -1.57. The van der Waals surface area contributed by atoms with Gasteiger partial charge in [-0.25, -0.2) is 0 Å². The monoisotopic (exact) mass is 300 g/mol. The minimum absolute atomic E-state index is 0.0482. The minimum atomic E-state index is -3.78. The van der Waals surface area contributed by atoms with E-state index in [1.807, 2.05) is 4.57 Å². The number of hydrogen-bond donors (Lipinski definition) is 2. The fourth-order valence-corrected chi connectivity index (χ4v) is 2.94. The number of halogens is 2. The number of alkyl halides is 2. The van der Waals surface area contributed by atoms with Crippen LogP contribution in [0.25, 0.3) is 0 Å². The Labute approximate surface area is 120 Å². The molecule has 1 aliphatic heterocycles. The van der Waals surface area contributed by atoms with Crippen molar-refractivity contribution < 1.29 is 18.7 Å². The Bertz CT molecular complexity index is 569. The predicted molar refractivity (Wildman–Crippen MR) is 68.6 cm³/mol. The number of carbonyl (C=O) groups excluding carboxylic acids is 1. The fraction of sp³-hybridized carbons (Fsp3) is 0.769. The molecule has 2 aliphatic rings. The van der Waals surface area contributed by atoms with E-state index < -0.39 is 23.5 Å². The molecule has 0 bridgehead atoms. The maximum Gasteiger partial charge on any atom is 0.352 e. The molecule has 8 heteroatoms. The van der Waals surface area contributed by atoms with Gasteiger partial charge in [0.2, 0.25) is 0 Å². The summed E-state index contributed by atoms with van der Waals surface area (Å²) in [6.07, 6.45) is 1.71. The first-order chi connectivity index (χ1) is 9.85. The van der Waals surface area contributed by atoms with Gasteiger partial charge in [0.05, 0.1) is 6.04 Å². The summed E-state index contributed by atoms with van der Waals surface area (Å²) >= 11 is 0. The summed E-state index contributed by atoms with van der Waals surface area (Å²) in [5, 5.41) is 20.0. The van der Waals surface area contributed by atoms with E-state index in [1.165, 1.54) is 0 Å². The number of fused-ring (bicyclic) bond motifs is 1. The molecule has 3 rings (SSSR count). The lowest BCUT2D eigenvalue weighted by molar-refractivity contribution is -0.216. The van der Waals surface area contributed by atoms with E-state index in [0.29, 0.717) is 24.5 Å². The molecule has 1 atom stereocenters. The van der Waals surface area contributed by atoms with Gasteiger partial charge >= 0.3 is 5.92 Å². The summed E-state index contributed by atoms with van der Waals surface area (Å²) in [7, 11) is 0. The van der Waals surface area contributed by atoms with Crippen molar-refractivity contribution >= 4 is 5.91 Å². The average Bonchev–Trinajstić information content (AvgIpc) is 2.79. The van der Waals surface area contributed by atoms with E-state index in [-0.39, 0.29) is 12.8 Å². The topological polar surface area (TPSA) is 80.0 Å². The second-order valence-corrected chi connectivity index (χ2v) is 5.88. The number of aromatic nitrogens is 3. The summed E-state index contributed by atoms with van der Waals surface area (Å²) in [6, 6.07) is -0.581. The third kappa shape index (κ3) is 2.12. The highest BCUT2D eigenvalue weighted by atomic mass is 19.3. The lowest BCUT2D eigenvalue weighted by atomic mass is 9.75. The zero-order valence-corrected chi connectivity index (χ0v) is 11.8. The Morgan fingerprint density at radius 2 is 2.14 bits per heavy atom. The number of nitrogens with zero attached hydrogens (tertiary/aromatic N) is 3. The van der Waals surface area contributed by atoms with Crippen molar-refractivity contribution in [3.63, 3.8) is 0 Å². The normalized spacial score (nSPS) is 24.1. The first-order valence-electron chi connectivity index (χ1n) is 7.16. The number of amides is 1. The van der Waals surface area contributed by atoms with Crippen LogP contribution in [-0.4, -0.2) is 37.3 Å². The number of hydrogen-bond acceptors (Lipinski definition) is 4. The molecule has 1 aliphatic carbocycles. The lowest BCUT2D eigenvalue weighted by Gasteiger charge is -2.42. The Balaban J connectivity index is 1.77. The highest BCUT2D eigenvalue weighted by Crippen LogP contribution is 2.44. The van der Waals surface area contributed by atoms with E-state index in [9.17, 15) is 18.7 Å². The second kappa shape index (κ2) is 4.72. The van der Waals surface area contributed by atoms with Gasteiger partial charge in [0.15, 0.2) is 5.82 Å². The number of carbonyl (C=O) groups is 1. The first kappa shape index (κ1) is 14.4. The maximum atomic E-state index is 14.1. The summed E-state index contributed by atoms with van der Waals surface area (Å²) in [5.74, 6) is -4.00. The van der Waals surface area contributed by atoms with Gasteiger partial charge < -0.3 is 15.0 Å². The third-order valence-electron chi connectivity index (χ3n) is 4.51. The van der Waals surface area contributed by atoms with Crippen molar-refractivity contribution in [2.45, 2.75) is 63.1 Å². The Morgan fingerprint density at radius 1 is 1.43 bits per heavy atom. The molecule has 1 amide bonds. The molecule has 1 fully saturated rings. The zero-order chi connectivity index (χ0) is 15.3. The molecule has 2 N–H and O–H groups in total. The van der Waals surface area contributed by atoms with Gasteiger partial charge in [-0.1, -0.05) is 0 Å². The van der Waals surface area contributed by atoms with Crippen LogP contribution < -0.4 is 5.32 Å². The molecular weight excluding hydrogens is 282 g/mol. The van der Waals surface area contributed by atoms with Crippen molar-refractivity contribution in [2.75, 3.05) is 0 Å². The number of nitrogens with one attached hydrogen (secondary N) is 1. The van der Waals surface area contributed by atoms with Crippen LogP contribution in [-0.2, 0) is 11.3 Å². The van der Waals surface area contributed by atoms with Crippen LogP contribution in [0.5, 0.6) is 0 Å². The van der Waals surface area contributed by atoms with Gasteiger partial charge in [-0.05, 0) is 39.0 Å². The van der Waals surface area contributed by atoms with Crippen LogP contribution in [0.1, 0.15) is 49.8 Å². The van der Waals surface area contributed by atoms with E-state index in [4.69, 9.17) is 0 Å². The Kier molecular flexibility index (Phi) is 3.23. The van der Waals surface area contributed by atoms with Crippen LogP contribution in [0.3, 0.4) is 0 Å². The number of aliphatic hydroxyl groups is 1. The van der Waals surface area contributed by atoms with E-state index in [0.717, 1.165) is 13.0 Å². The predicted octanol–water partition coefficient (Wildman–Crippen LogP) is 1.09. The van der Waals surface area contributed by atoms with Crippen molar-refractivity contribution in [1.82, 2.24) is 20.1 Å². The van der Waals surface area contributed by atoms with Gasteiger partial charge in [0.25, 0.3) is 5.91 Å². The van der Waals surface area contributed by atoms with E-state index in [2.05, 4.69) is 15.5 Å². The van der Waals surface area contributed by atoms with Crippen LogP contribution in [0.15, 0.2) is 0 Å². The molecule has 1 saturated carbocycles. The molecule has 0 spiro atoms. The minimum Gasteiger partial charge on any atom is -0.383 e. The van der Waals surface area contributed by atoms with Gasteiger partial charge in [-0.3, -0.25) is 4.79 Å². The maximum absolute atomic E-state index is 14.1. The van der Waals surface area contributed by atoms with E-state index >= 15 is 0 Å². The van der Waals surface area contributed by atoms with Crippen LogP contribution >= 0.6 is 0 Å². The molecule has 21 heavy (non-hydrogen) atoms. The lowest BCUT2D eigenvalue weighted by Crippen LogP contribution is -2.61. The summed E-state index contributed by atoms with van der Waals surface area (Å²) < 4.78 is 30.0. The molecule has 0 aromatic carbocycles. The molecule has 6 nitrogen and oxygen atoms in total. The quantitative estimate of drug-likeness (QED) is 0.875. The number of rotatable bonds is 3. The molecule has 1 unspecified atom stereocenters. The van der Waals surface area contributed by atoms with Gasteiger partial charge in [0.1, 0.15) is 11.4 Å². The average molecular weight is 300 g/mol. The van der Waals surface area contributed by atoms with Crippen LogP contribution in [0, 0.1) is 6.92 Å². The summed E-state index contributed by atoms with van der Waals surface area (Å²) in [4.78, 5) is 11.9. The highest BCUT2D eigenvalue weighted by molar-refractivity contribution is 5.85. The van der Waals surface area contributed by atoms with Gasteiger partial charge in [-0.2, -0.15) is 8.78 Å². The van der Waals surface area contributed by atoms with Crippen molar-refractivity contribution in [3.05, 3.63) is 11.6 Å². The van der Waals surface area contributed by atoms with Crippen LogP contribution in [0.4, 0.5) is 8.78 Å². The van der Waals surface area contributed by atoms with Gasteiger partial charge in [0, 0.05) is 6.54 Å². The van der Waals surface area contributed by atoms with Gasteiger partial charge in [-0.15, -0.1) is 10.2 Å². The van der Waals surface area contributed by atoms with Crippen molar-refractivity contribution in [3.8, 4) is 0 Å². The van der Waals surface area contributed by atoms with Crippen LogP contribution in [0.2, 0.25) is 0 Å². The summed E-state index contributed by atoms with van der Waals surface area (Å²) in [5.41, 5.74) is -2.20. The second-order valence-electron chi connectivity index (χ2n) is 5.88. The highest BCUT2D eigenvalue weighted by Gasteiger charge is 2.61. The van der Waals surface area contributed by atoms with Crippen molar-refractivity contribution in [1.29, 1.82) is 0 Å². The largest absolute Gasteiger partial charge is 0.383 e. The zero-order valence-electron chi connectivity index (χ0n) is 11.8. The van der Waals surface area contributed by atoms with E-state index in [1.54, 1.807) is 6.92 Å². The molecule has 116 valence electrons. The first-order valence-corrected chi connectivity index (χ1v) is 7.16. The Morgan fingerprint density at radius 3 is 2.76 bits per heavy atom. The molecule has 0 saturated heterocycles. The van der Waals surface area contributed by atoms with Crippen molar-refractivity contribution in [2.24, 2.45) is 0 Å². The molecular formula is C13H18F2N4O2. The summed E-state index contributed by atoms with van der Waals surface area (Å²) in [6.45, 7) is 2.51. The molecule has 2 heterocycles. The standard InChI is InChI=1S/C13H18F2N4O2/c1-8-17-18-10-9(4-2-7-19(8)10)16-11(20)13(14,15)12(21)5-3-6-12/h9,21H,2-7H2,1H3,(H,16,20). The SMILES string of the molecule is Cc1nnc2n1CCCC2NC(=O)C(F)(F)C1(O)CCC1. The smallest absolute Gasteiger partial charge is 0.352 e. The number of aryl methyl sites for hydroxylation is 1. The third-order valence-corrected chi connectivity index (χ3v) is 4.51. The molecule has 1 aromatic heterocycles.